The Morgan fingerprint density at radius 2 is 1.18 bits per heavy atom. The number of hydrogen-bond acceptors (Lipinski definition) is 2. The fraction of sp³-hybridized carbons (Fsp3) is 0.389. The van der Waals surface area contributed by atoms with E-state index in [1.807, 2.05) is 0 Å². The number of anilines is 2. The van der Waals surface area contributed by atoms with Crippen molar-refractivity contribution >= 4 is 34.7 Å². The summed E-state index contributed by atoms with van der Waals surface area (Å²) in [5.41, 5.74) is 9.11. The second-order valence-corrected chi connectivity index (χ2v) is 13.9. The summed E-state index contributed by atoms with van der Waals surface area (Å²) in [7, 11) is -0.258. The van der Waals surface area contributed by atoms with E-state index in [4.69, 9.17) is 4.65 Å². The summed E-state index contributed by atoms with van der Waals surface area (Å²) in [5, 5.41) is 2.55. The molecule has 39 heavy (non-hydrogen) atoms. The third kappa shape index (κ3) is 4.97. The van der Waals surface area contributed by atoms with Crippen LogP contribution in [0.4, 0.5) is 11.4 Å². The van der Waals surface area contributed by atoms with Crippen molar-refractivity contribution in [2.24, 2.45) is 0 Å². The first kappa shape index (κ1) is 27.4. The molecule has 1 aliphatic rings. The zero-order valence-corrected chi connectivity index (χ0v) is 25.5. The maximum absolute atomic E-state index is 7.18. The Kier molecular flexibility index (Phi) is 6.86. The predicted molar refractivity (Wildman–Crippen MR) is 171 cm³/mol. The van der Waals surface area contributed by atoms with Crippen LogP contribution in [-0.2, 0) is 10.8 Å². The molecule has 0 bridgehead atoms. The van der Waals surface area contributed by atoms with E-state index in [-0.39, 0.29) is 17.9 Å². The zero-order chi connectivity index (χ0) is 28.3. The fourth-order valence-electron chi connectivity index (χ4n) is 5.83. The lowest BCUT2D eigenvalue weighted by molar-refractivity contribution is 0.541. The maximum atomic E-state index is 7.18. The number of nitrogens with zero attached hydrogens (tertiary/aromatic N) is 1. The molecule has 0 saturated heterocycles. The molecule has 0 unspecified atom stereocenters. The average Bonchev–Trinajstić information content (AvgIpc) is 3.16. The lowest BCUT2D eigenvalue weighted by Crippen LogP contribution is -2.47. The van der Waals surface area contributed by atoms with Gasteiger partial charge in [0.25, 0.3) is 0 Å². The van der Waals surface area contributed by atoms with E-state index >= 15 is 0 Å². The van der Waals surface area contributed by atoms with Gasteiger partial charge in [0.15, 0.2) is 0 Å². The van der Waals surface area contributed by atoms with Crippen LogP contribution in [0.5, 0.6) is 5.75 Å². The third-order valence-corrected chi connectivity index (χ3v) is 8.14. The Bertz CT molecular complexity index is 1460. The maximum Gasteiger partial charge on any atom is 0.524 e. The van der Waals surface area contributed by atoms with Gasteiger partial charge in [0.1, 0.15) is 5.75 Å². The van der Waals surface area contributed by atoms with Gasteiger partial charge in [0, 0.05) is 16.8 Å². The van der Waals surface area contributed by atoms with Crippen LogP contribution >= 0.6 is 0 Å². The molecule has 0 spiro atoms. The van der Waals surface area contributed by atoms with E-state index < -0.39 is 0 Å². The van der Waals surface area contributed by atoms with Crippen LogP contribution < -0.4 is 14.9 Å². The molecule has 0 fully saturated rings. The van der Waals surface area contributed by atoms with Crippen LogP contribution in [-0.4, -0.2) is 7.05 Å². The highest BCUT2D eigenvalue weighted by molar-refractivity contribution is 6.79. The molecule has 0 amide bonds. The number of hydrogen-bond donors (Lipinski definition) is 0. The molecular weight excluding hydrogens is 473 g/mol. The van der Waals surface area contributed by atoms with E-state index in [1.165, 1.54) is 49.9 Å². The number of para-hydroxylation sites is 1. The quantitative estimate of drug-likeness (QED) is 0.244. The second-order valence-electron chi connectivity index (χ2n) is 13.9. The Morgan fingerprint density at radius 3 is 1.69 bits per heavy atom. The summed E-state index contributed by atoms with van der Waals surface area (Å²) in [6, 6.07) is 27.0. The smallest absolute Gasteiger partial charge is 0.524 e. The van der Waals surface area contributed by atoms with Crippen LogP contribution in [0.2, 0.25) is 0 Å². The summed E-state index contributed by atoms with van der Waals surface area (Å²) in [5.74, 6) is 1.71. The SMILES string of the molecule is CC(C)c1cccc(C(C)C)c1N1B(Oc2cc(C(C)(C)C)cc(C(C)(C)C)c2)c2cccc3cccc1c23. The van der Waals surface area contributed by atoms with E-state index in [9.17, 15) is 0 Å². The average molecular weight is 518 g/mol. The van der Waals surface area contributed by atoms with Crippen molar-refractivity contribution in [1.82, 2.24) is 0 Å². The van der Waals surface area contributed by atoms with Crippen LogP contribution in [0.15, 0.2) is 72.8 Å². The molecule has 0 atom stereocenters. The van der Waals surface area contributed by atoms with Crippen molar-refractivity contribution in [2.75, 3.05) is 4.81 Å². The molecule has 0 aliphatic carbocycles. The Labute approximate surface area is 236 Å². The van der Waals surface area contributed by atoms with Gasteiger partial charge in [-0.1, -0.05) is 124 Å². The molecule has 4 aromatic carbocycles. The van der Waals surface area contributed by atoms with Gasteiger partial charge in [0.2, 0.25) is 0 Å². The molecule has 1 aliphatic heterocycles. The summed E-state index contributed by atoms with van der Waals surface area (Å²) >= 11 is 0. The normalized spacial score (nSPS) is 13.7. The van der Waals surface area contributed by atoms with Gasteiger partial charge in [-0.25, -0.2) is 0 Å². The molecule has 1 heterocycles. The van der Waals surface area contributed by atoms with Gasteiger partial charge in [-0.2, -0.15) is 0 Å². The summed E-state index contributed by atoms with van der Waals surface area (Å²) in [6.07, 6.45) is 0. The van der Waals surface area contributed by atoms with Gasteiger partial charge >= 0.3 is 7.05 Å². The first-order valence-electron chi connectivity index (χ1n) is 14.5. The minimum atomic E-state index is -0.258. The standard InChI is InChI=1S/C36H44BNO/c1-23(2)29-16-13-17-30(24(3)4)34(29)38-32-19-12-15-25-14-11-18-31(33(25)32)37(38)39-28-21-26(35(5,6)7)20-27(22-28)36(8,9)10/h11-24H,1-10H3. The molecule has 202 valence electrons. The number of rotatable bonds is 5. The van der Waals surface area contributed by atoms with Crippen LogP contribution in [0.1, 0.15) is 103 Å². The minimum Gasteiger partial charge on any atom is -0.537 e. The monoisotopic (exact) mass is 517 g/mol. The molecule has 0 radical (unpaired) electrons. The van der Waals surface area contributed by atoms with Crippen LogP contribution in [0.3, 0.4) is 0 Å². The summed E-state index contributed by atoms with van der Waals surface area (Å²) in [6.45, 7) is 22.9. The Hall–Kier alpha value is -3.20. The highest BCUT2D eigenvalue weighted by atomic mass is 16.4. The lowest BCUT2D eigenvalue weighted by atomic mass is 9.71. The van der Waals surface area contributed by atoms with Gasteiger partial charge in [-0.05, 0) is 74.0 Å². The van der Waals surface area contributed by atoms with Crippen LogP contribution in [0.25, 0.3) is 10.8 Å². The van der Waals surface area contributed by atoms with E-state index in [2.05, 4.69) is 147 Å². The Morgan fingerprint density at radius 1 is 0.667 bits per heavy atom. The van der Waals surface area contributed by atoms with E-state index in [0.717, 1.165) is 5.75 Å². The fourth-order valence-corrected chi connectivity index (χ4v) is 5.83. The first-order valence-corrected chi connectivity index (χ1v) is 14.5. The van der Waals surface area contributed by atoms with Crippen LogP contribution in [0, 0.1) is 0 Å². The summed E-state index contributed by atoms with van der Waals surface area (Å²) in [4.78, 5) is 2.49. The molecule has 0 saturated carbocycles. The molecule has 5 rings (SSSR count). The van der Waals surface area contributed by atoms with Crippen molar-refractivity contribution in [3.8, 4) is 5.75 Å². The van der Waals surface area contributed by atoms with Crippen molar-refractivity contribution in [3.63, 3.8) is 0 Å². The molecule has 4 aromatic rings. The summed E-state index contributed by atoms with van der Waals surface area (Å²) < 4.78 is 7.18. The van der Waals surface area contributed by atoms with Crippen molar-refractivity contribution in [1.29, 1.82) is 0 Å². The highest BCUT2D eigenvalue weighted by Crippen LogP contribution is 2.45. The van der Waals surface area contributed by atoms with Gasteiger partial charge < -0.3 is 9.47 Å². The molecular formula is C36H44BNO. The first-order chi connectivity index (χ1) is 18.3. The van der Waals surface area contributed by atoms with Gasteiger partial charge in [0.05, 0.1) is 0 Å². The molecule has 0 aromatic heterocycles. The van der Waals surface area contributed by atoms with Crippen molar-refractivity contribution in [2.45, 2.75) is 91.9 Å². The van der Waals surface area contributed by atoms with E-state index in [1.54, 1.807) is 0 Å². The van der Waals surface area contributed by atoms with Gasteiger partial charge in [-0.15, -0.1) is 0 Å². The third-order valence-electron chi connectivity index (χ3n) is 8.14. The zero-order valence-electron chi connectivity index (χ0n) is 25.5. The topological polar surface area (TPSA) is 12.5 Å². The van der Waals surface area contributed by atoms with Crippen molar-refractivity contribution < 1.29 is 4.65 Å². The van der Waals surface area contributed by atoms with Crippen molar-refractivity contribution in [3.05, 3.63) is 95.1 Å². The minimum absolute atomic E-state index is 0.0206. The van der Waals surface area contributed by atoms with E-state index in [0.29, 0.717) is 11.8 Å². The Balaban J connectivity index is 1.76. The predicted octanol–water partition coefficient (Wildman–Crippen LogP) is 9.61. The lowest BCUT2D eigenvalue weighted by Gasteiger charge is -2.33. The molecule has 3 heteroatoms. The highest BCUT2D eigenvalue weighted by Gasteiger charge is 2.42. The molecule has 0 N–H and O–H groups in total. The second kappa shape index (κ2) is 9.77. The largest absolute Gasteiger partial charge is 0.537 e. The van der Waals surface area contributed by atoms with Gasteiger partial charge in [-0.3, -0.25) is 0 Å². The number of benzene rings is 4. The molecule has 2 nitrogen and oxygen atoms in total.